The molecule has 2 aromatic heterocycles. The molecule has 25 heavy (non-hydrogen) atoms. The van der Waals surface area contributed by atoms with Crippen LogP contribution in [0, 0.1) is 0 Å². The maximum atomic E-state index is 12.1. The minimum absolute atomic E-state index is 0.0369. The quantitative estimate of drug-likeness (QED) is 0.623. The molecule has 0 spiro atoms. The Bertz CT molecular complexity index is 813. The van der Waals surface area contributed by atoms with E-state index < -0.39 is 0 Å². The number of nitrogens with one attached hydrogen (secondary N) is 1. The number of benzene rings is 1. The van der Waals surface area contributed by atoms with Crippen molar-refractivity contribution in [1.82, 2.24) is 9.97 Å². The Labute approximate surface area is 155 Å². The fourth-order valence-electron chi connectivity index (χ4n) is 2.10. The number of rotatable bonds is 7. The second kappa shape index (κ2) is 9.25. The molecule has 4 nitrogen and oxygen atoms in total. The van der Waals surface area contributed by atoms with Gasteiger partial charge in [0, 0.05) is 23.8 Å². The van der Waals surface area contributed by atoms with Crippen molar-refractivity contribution < 1.29 is 4.79 Å². The zero-order chi connectivity index (χ0) is 17.3. The number of amides is 1. The minimum atomic E-state index is -0.0369. The van der Waals surface area contributed by atoms with Crippen LogP contribution in [0.25, 0.3) is 0 Å². The summed E-state index contributed by atoms with van der Waals surface area (Å²) in [5.41, 5.74) is 1.96. The van der Waals surface area contributed by atoms with Crippen LogP contribution in [0.2, 0.25) is 0 Å². The number of hydrogen-bond acceptors (Lipinski definition) is 5. The number of carbonyl (C=O) groups is 1. The van der Waals surface area contributed by atoms with Crippen molar-refractivity contribution in [2.24, 2.45) is 0 Å². The number of nitrogens with zero attached hydrogens (tertiary/aromatic N) is 2. The van der Waals surface area contributed by atoms with Crippen LogP contribution in [-0.2, 0) is 10.5 Å². The van der Waals surface area contributed by atoms with Crippen molar-refractivity contribution >= 4 is 35.1 Å². The van der Waals surface area contributed by atoms with Gasteiger partial charge in [0.2, 0.25) is 5.91 Å². The Hall–Kier alpha value is -2.31. The van der Waals surface area contributed by atoms with E-state index in [4.69, 9.17) is 0 Å². The number of carbonyl (C=O) groups excluding carboxylic acids is 1. The molecule has 6 heteroatoms. The van der Waals surface area contributed by atoms with E-state index in [1.165, 1.54) is 11.8 Å². The number of hydrogen-bond donors (Lipinski definition) is 1. The van der Waals surface area contributed by atoms with E-state index in [9.17, 15) is 4.79 Å². The number of pyridine rings is 2. The van der Waals surface area contributed by atoms with Gasteiger partial charge >= 0.3 is 0 Å². The summed E-state index contributed by atoms with van der Waals surface area (Å²) >= 11 is 3.10. The van der Waals surface area contributed by atoms with E-state index in [2.05, 4.69) is 15.3 Å². The molecular weight excluding hydrogens is 350 g/mol. The molecule has 1 N–H and O–H groups in total. The second-order valence-corrected chi connectivity index (χ2v) is 7.15. The summed E-state index contributed by atoms with van der Waals surface area (Å²) in [7, 11) is 0. The standard InChI is InChI=1S/C19H17N3OS2/c23-17(14-25-19-9-2-4-11-21-19)22-16-7-5-6-15(12-16)13-24-18-8-1-3-10-20-18/h1-12H,13-14H2,(H,22,23). The molecule has 126 valence electrons. The first-order valence-electron chi connectivity index (χ1n) is 7.76. The molecule has 3 rings (SSSR count). The van der Waals surface area contributed by atoms with Crippen molar-refractivity contribution in [3.63, 3.8) is 0 Å². The predicted molar refractivity (Wildman–Crippen MR) is 104 cm³/mol. The largest absolute Gasteiger partial charge is 0.325 e. The third-order valence-electron chi connectivity index (χ3n) is 3.22. The Morgan fingerprint density at radius 1 is 0.880 bits per heavy atom. The minimum Gasteiger partial charge on any atom is -0.325 e. The number of aromatic nitrogens is 2. The molecule has 0 aliphatic carbocycles. The fourth-order valence-corrected chi connectivity index (χ4v) is 3.56. The van der Waals surface area contributed by atoms with E-state index >= 15 is 0 Å². The Balaban J connectivity index is 1.51. The normalized spacial score (nSPS) is 10.4. The van der Waals surface area contributed by atoms with E-state index in [0.717, 1.165) is 27.1 Å². The average Bonchev–Trinajstić information content (AvgIpc) is 2.67. The van der Waals surface area contributed by atoms with Crippen molar-refractivity contribution in [1.29, 1.82) is 0 Å². The molecule has 0 fully saturated rings. The van der Waals surface area contributed by atoms with Gasteiger partial charge in [-0.15, -0.1) is 11.8 Å². The fraction of sp³-hybridized carbons (Fsp3) is 0.105. The molecule has 1 aromatic carbocycles. The highest BCUT2D eigenvalue weighted by Crippen LogP contribution is 2.22. The van der Waals surface area contributed by atoms with Gasteiger partial charge in [0.1, 0.15) is 0 Å². The van der Waals surface area contributed by atoms with Crippen LogP contribution >= 0.6 is 23.5 Å². The molecule has 2 heterocycles. The Morgan fingerprint density at radius 3 is 2.28 bits per heavy atom. The van der Waals surface area contributed by atoms with Crippen molar-refractivity contribution in [3.8, 4) is 0 Å². The van der Waals surface area contributed by atoms with Crippen LogP contribution in [0.5, 0.6) is 0 Å². The smallest absolute Gasteiger partial charge is 0.234 e. The molecule has 0 bridgehead atoms. The highest BCUT2D eigenvalue weighted by atomic mass is 32.2. The number of anilines is 1. The van der Waals surface area contributed by atoms with Crippen LogP contribution < -0.4 is 5.32 Å². The van der Waals surface area contributed by atoms with Crippen LogP contribution in [0.3, 0.4) is 0 Å². The van der Waals surface area contributed by atoms with Crippen LogP contribution in [0.4, 0.5) is 5.69 Å². The lowest BCUT2D eigenvalue weighted by Gasteiger charge is -2.07. The lowest BCUT2D eigenvalue weighted by atomic mass is 10.2. The average molecular weight is 367 g/mol. The van der Waals surface area contributed by atoms with Gasteiger partial charge in [-0.25, -0.2) is 9.97 Å². The Kier molecular flexibility index (Phi) is 6.48. The van der Waals surface area contributed by atoms with Crippen LogP contribution in [-0.4, -0.2) is 21.6 Å². The summed E-state index contributed by atoms with van der Waals surface area (Å²) in [6, 6.07) is 19.4. The molecule has 0 unspecified atom stereocenters. The molecular formula is C19H17N3OS2. The molecule has 0 saturated heterocycles. The summed E-state index contributed by atoms with van der Waals surface area (Å²) in [6.07, 6.45) is 3.52. The Morgan fingerprint density at radius 2 is 1.60 bits per heavy atom. The van der Waals surface area contributed by atoms with E-state index in [1.807, 2.05) is 60.7 Å². The predicted octanol–water partition coefficient (Wildman–Crippen LogP) is 4.50. The van der Waals surface area contributed by atoms with E-state index in [-0.39, 0.29) is 5.91 Å². The van der Waals surface area contributed by atoms with Gasteiger partial charge in [-0.1, -0.05) is 36.0 Å². The molecule has 0 atom stereocenters. The van der Waals surface area contributed by atoms with E-state index in [0.29, 0.717) is 5.75 Å². The topological polar surface area (TPSA) is 54.9 Å². The second-order valence-electron chi connectivity index (χ2n) is 5.16. The maximum Gasteiger partial charge on any atom is 0.234 e. The molecule has 0 aliphatic heterocycles. The highest BCUT2D eigenvalue weighted by Gasteiger charge is 2.05. The molecule has 0 aliphatic rings. The third kappa shape index (κ3) is 5.92. The van der Waals surface area contributed by atoms with Gasteiger partial charge in [-0.3, -0.25) is 4.79 Å². The number of thioether (sulfide) groups is 2. The summed E-state index contributed by atoms with van der Waals surface area (Å²) in [5, 5.41) is 4.77. The lowest BCUT2D eigenvalue weighted by molar-refractivity contribution is -0.113. The highest BCUT2D eigenvalue weighted by molar-refractivity contribution is 7.99. The van der Waals surface area contributed by atoms with Gasteiger partial charge in [-0.2, -0.15) is 0 Å². The maximum absolute atomic E-state index is 12.1. The first kappa shape index (κ1) is 17.5. The third-order valence-corrected chi connectivity index (χ3v) is 5.18. The monoisotopic (exact) mass is 367 g/mol. The molecule has 0 radical (unpaired) electrons. The summed E-state index contributed by atoms with van der Waals surface area (Å²) < 4.78 is 0. The first-order chi connectivity index (χ1) is 12.3. The van der Waals surface area contributed by atoms with Crippen molar-refractivity contribution in [2.75, 3.05) is 11.1 Å². The summed E-state index contributed by atoms with van der Waals surface area (Å²) in [6.45, 7) is 0. The molecule has 3 aromatic rings. The zero-order valence-corrected chi connectivity index (χ0v) is 15.1. The van der Waals surface area contributed by atoms with Gasteiger partial charge in [0.05, 0.1) is 15.8 Å². The van der Waals surface area contributed by atoms with Gasteiger partial charge in [0.25, 0.3) is 0 Å². The van der Waals surface area contributed by atoms with Crippen molar-refractivity contribution in [2.45, 2.75) is 15.8 Å². The zero-order valence-electron chi connectivity index (χ0n) is 13.5. The van der Waals surface area contributed by atoms with E-state index in [1.54, 1.807) is 24.2 Å². The summed E-state index contributed by atoms with van der Waals surface area (Å²) in [5.74, 6) is 1.11. The van der Waals surface area contributed by atoms with Gasteiger partial charge in [-0.05, 0) is 42.0 Å². The van der Waals surface area contributed by atoms with Crippen LogP contribution in [0.15, 0.2) is 83.1 Å². The first-order valence-corrected chi connectivity index (χ1v) is 9.73. The molecule has 0 saturated carbocycles. The van der Waals surface area contributed by atoms with Gasteiger partial charge in [0.15, 0.2) is 0 Å². The molecule has 1 amide bonds. The van der Waals surface area contributed by atoms with Crippen molar-refractivity contribution in [3.05, 3.63) is 78.6 Å². The van der Waals surface area contributed by atoms with Gasteiger partial charge < -0.3 is 5.32 Å². The van der Waals surface area contributed by atoms with Crippen LogP contribution in [0.1, 0.15) is 5.56 Å². The SMILES string of the molecule is O=C(CSc1ccccn1)Nc1cccc(CSc2ccccn2)c1. The summed E-state index contributed by atoms with van der Waals surface area (Å²) in [4.78, 5) is 20.6. The lowest BCUT2D eigenvalue weighted by Crippen LogP contribution is -2.14.